The van der Waals surface area contributed by atoms with Crippen LogP contribution in [0.15, 0.2) is 11.3 Å². The number of hydrogen-bond donors (Lipinski definition) is 0. The summed E-state index contributed by atoms with van der Waals surface area (Å²) >= 11 is 0. The Labute approximate surface area is 125 Å². The van der Waals surface area contributed by atoms with Gasteiger partial charge in [0.1, 0.15) is 0 Å². The van der Waals surface area contributed by atoms with Crippen molar-refractivity contribution in [2.45, 2.75) is 72.6 Å². The molecule has 20 heavy (non-hydrogen) atoms. The molecule has 0 aromatic heterocycles. The van der Waals surface area contributed by atoms with Crippen LogP contribution in [0.4, 0.5) is 0 Å². The van der Waals surface area contributed by atoms with Gasteiger partial charge in [-0.1, -0.05) is 53.4 Å². The minimum Gasteiger partial charge on any atom is -0.371 e. The van der Waals surface area contributed by atoms with Gasteiger partial charge in [-0.05, 0) is 42.1 Å². The van der Waals surface area contributed by atoms with Crippen LogP contribution < -0.4 is 0 Å². The lowest BCUT2D eigenvalue weighted by atomic mass is 9.79. The highest BCUT2D eigenvalue weighted by atomic mass is 15.3. The normalized spacial score (nSPS) is 36.5. The predicted octanol–water partition coefficient (Wildman–Crippen LogP) is 5.23. The molecular weight excluding hydrogens is 242 g/mol. The lowest BCUT2D eigenvalue weighted by Crippen LogP contribution is -2.16. The van der Waals surface area contributed by atoms with Crippen molar-refractivity contribution in [3.8, 4) is 0 Å². The van der Waals surface area contributed by atoms with Crippen LogP contribution in [0.3, 0.4) is 0 Å². The van der Waals surface area contributed by atoms with Gasteiger partial charge in [0, 0.05) is 18.2 Å². The molecule has 0 N–H and O–H groups in total. The summed E-state index contributed by atoms with van der Waals surface area (Å²) < 4.78 is 0. The highest BCUT2D eigenvalue weighted by Gasteiger charge is 2.68. The molecule has 3 aliphatic rings. The molecular formula is C19H33N. The first-order valence-corrected chi connectivity index (χ1v) is 8.78. The van der Waals surface area contributed by atoms with Gasteiger partial charge in [-0.2, -0.15) is 0 Å². The first-order chi connectivity index (χ1) is 9.34. The minimum absolute atomic E-state index is 0.492. The van der Waals surface area contributed by atoms with E-state index in [0.717, 1.165) is 17.3 Å². The van der Waals surface area contributed by atoms with Crippen LogP contribution in [-0.4, -0.2) is 18.5 Å². The van der Waals surface area contributed by atoms with Crippen molar-refractivity contribution in [1.29, 1.82) is 0 Å². The van der Waals surface area contributed by atoms with Crippen molar-refractivity contribution in [3.05, 3.63) is 11.3 Å². The predicted molar refractivity (Wildman–Crippen MR) is 86.5 cm³/mol. The molecule has 114 valence electrons. The number of hydrogen-bond acceptors (Lipinski definition) is 1. The maximum Gasteiger partial charge on any atom is 0.0572 e. The zero-order chi connectivity index (χ0) is 14.5. The Morgan fingerprint density at radius 2 is 1.95 bits per heavy atom. The maximum atomic E-state index is 2.42. The van der Waals surface area contributed by atoms with Crippen LogP contribution in [0, 0.1) is 22.7 Å². The third-order valence-electron chi connectivity index (χ3n) is 6.46. The Morgan fingerprint density at radius 1 is 1.25 bits per heavy atom. The average molecular weight is 275 g/mol. The van der Waals surface area contributed by atoms with E-state index in [1.807, 2.05) is 5.57 Å². The highest BCUT2D eigenvalue weighted by molar-refractivity contribution is 5.48. The average Bonchev–Trinajstić information content (AvgIpc) is 3.24. The maximum absolute atomic E-state index is 2.42. The fourth-order valence-corrected chi connectivity index (χ4v) is 3.97. The topological polar surface area (TPSA) is 3.01 Å². The number of likely N-dealkylation sites (N-methyl/N-ethyl adjacent to an activating group) is 1. The lowest BCUT2D eigenvalue weighted by molar-refractivity contribution is 0.240. The van der Waals surface area contributed by atoms with Gasteiger partial charge in [0.25, 0.3) is 0 Å². The Kier molecular flexibility index (Phi) is 3.46. The Hall–Kier alpha value is -0.460. The van der Waals surface area contributed by atoms with E-state index in [1.54, 1.807) is 5.70 Å². The number of rotatable bonds is 6. The molecule has 0 aromatic carbocycles. The van der Waals surface area contributed by atoms with Crippen LogP contribution in [0.1, 0.15) is 72.6 Å². The zero-order valence-corrected chi connectivity index (χ0v) is 14.3. The molecule has 0 aromatic rings. The molecule has 0 radical (unpaired) electrons. The van der Waals surface area contributed by atoms with Crippen molar-refractivity contribution in [1.82, 2.24) is 4.90 Å². The van der Waals surface area contributed by atoms with E-state index in [4.69, 9.17) is 0 Å². The van der Waals surface area contributed by atoms with Gasteiger partial charge in [0.05, 0.1) is 6.54 Å². The van der Waals surface area contributed by atoms with E-state index in [2.05, 4.69) is 39.6 Å². The van der Waals surface area contributed by atoms with Gasteiger partial charge >= 0.3 is 0 Å². The van der Waals surface area contributed by atoms with Crippen molar-refractivity contribution < 1.29 is 0 Å². The second-order valence-electron chi connectivity index (χ2n) is 8.92. The van der Waals surface area contributed by atoms with E-state index >= 15 is 0 Å². The summed E-state index contributed by atoms with van der Waals surface area (Å²) in [6.45, 7) is 10.8. The Morgan fingerprint density at radius 3 is 2.55 bits per heavy atom. The molecule has 3 unspecified atom stereocenters. The molecule has 1 heterocycles. The summed E-state index contributed by atoms with van der Waals surface area (Å²) in [6.07, 6.45) is 10.3. The third-order valence-corrected chi connectivity index (χ3v) is 6.46. The van der Waals surface area contributed by atoms with Crippen LogP contribution in [0.5, 0.6) is 0 Å². The van der Waals surface area contributed by atoms with E-state index < -0.39 is 0 Å². The molecule has 2 aliphatic carbocycles. The van der Waals surface area contributed by atoms with Gasteiger partial charge < -0.3 is 4.90 Å². The van der Waals surface area contributed by atoms with Crippen molar-refractivity contribution in [3.63, 3.8) is 0 Å². The third kappa shape index (κ3) is 2.78. The SMILES string of the molecule is CC(CCCCCC1CC12C/C2=C1/CN1C)C(C)(C)C. The fraction of sp³-hybridized carbons (Fsp3) is 0.895. The quantitative estimate of drug-likeness (QED) is 0.474. The van der Waals surface area contributed by atoms with Gasteiger partial charge in [-0.3, -0.25) is 0 Å². The van der Waals surface area contributed by atoms with Gasteiger partial charge in [-0.15, -0.1) is 0 Å². The summed E-state index contributed by atoms with van der Waals surface area (Å²) in [7, 11) is 2.24. The smallest absolute Gasteiger partial charge is 0.0572 e. The van der Waals surface area contributed by atoms with Gasteiger partial charge in [-0.25, -0.2) is 0 Å². The summed E-state index contributed by atoms with van der Waals surface area (Å²) in [5.41, 5.74) is 4.81. The van der Waals surface area contributed by atoms with Gasteiger partial charge in [0.2, 0.25) is 0 Å². The lowest BCUT2D eigenvalue weighted by Gasteiger charge is -2.27. The number of unbranched alkanes of at least 4 members (excludes halogenated alkanes) is 2. The van der Waals surface area contributed by atoms with E-state index in [1.165, 1.54) is 51.5 Å². The highest BCUT2D eigenvalue weighted by Crippen LogP contribution is 2.77. The van der Waals surface area contributed by atoms with E-state index in [0.29, 0.717) is 5.41 Å². The van der Waals surface area contributed by atoms with Crippen molar-refractivity contribution in [2.75, 3.05) is 13.6 Å². The minimum atomic E-state index is 0.492. The summed E-state index contributed by atoms with van der Waals surface area (Å²) in [5.74, 6) is 1.93. The van der Waals surface area contributed by atoms with Gasteiger partial charge in [0.15, 0.2) is 0 Å². The zero-order valence-electron chi connectivity index (χ0n) is 14.3. The molecule has 1 saturated heterocycles. The van der Waals surface area contributed by atoms with E-state index in [9.17, 15) is 0 Å². The van der Waals surface area contributed by atoms with Crippen LogP contribution >= 0.6 is 0 Å². The molecule has 1 nitrogen and oxygen atoms in total. The molecule has 0 bridgehead atoms. The number of allylic oxidation sites excluding steroid dienone is 1. The molecule has 0 amide bonds. The Bertz CT molecular complexity index is 414. The standard InChI is InChI=1S/C19H33N/c1-14(18(2,3)4)9-7-6-8-10-15-11-19(15)12-16(19)17-13-20(17)5/h14-15H,6-13H2,1-5H3/b17-16+. The largest absolute Gasteiger partial charge is 0.371 e. The Balaban J connectivity index is 1.28. The molecule has 3 fully saturated rings. The first-order valence-electron chi connectivity index (χ1n) is 8.78. The van der Waals surface area contributed by atoms with Crippen LogP contribution in [0.2, 0.25) is 0 Å². The van der Waals surface area contributed by atoms with E-state index in [-0.39, 0.29) is 0 Å². The molecule has 2 saturated carbocycles. The summed E-state index contributed by atoms with van der Waals surface area (Å²) in [6, 6.07) is 0. The fourth-order valence-electron chi connectivity index (χ4n) is 3.97. The summed E-state index contributed by atoms with van der Waals surface area (Å²) in [4.78, 5) is 2.42. The van der Waals surface area contributed by atoms with Crippen molar-refractivity contribution in [2.24, 2.45) is 22.7 Å². The number of nitrogens with zero attached hydrogens (tertiary/aromatic N) is 1. The van der Waals surface area contributed by atoms with Crippen molar-refractivity contribution >= 4 is 0 Å². The second-order valence-corrected chi connectivity index (χ2v) is 8.92. The first kappa shape index (κ1) is 14.5. The van der Waals surface area contributed by atoms with Crippen LogP contribution in [-0.2, 0) is 0 Å². The molecule has 3 rings (SSSR count). The molecule has 1 heteroatoms. The molecule has 1 spiro atoms. The monoisotopic (exact) mass is 275 g/mol. The molecule has 1 aliphatic heterocycles. The second kappa shape index (κ2) is 4.78. The van der Waals surface area contributed by atoms with Crippen LogP contribution in [0.25, 0.3) is 0 Å². The summed E-state index contributed by atoms with van der Waals surface area (Å²) in [5, 5.41) is 0. The molecule has 3 atom stereocenters.